The third kappa shape index (κ3) is 11.3. The minimum atomic E-state index is -0.838. The van der Waals surface area contributed by atoms with Crippen LogP contribution < -0.4 is 0 Å². The molecule has 0 aromatic heterocycles. The zero-order chi connectivity index (χ0) is 45.3. The molecule has 4 aliphatic carbocycles. The highest BCUT2D eigenvalue weighted by molar-refractivity contribution is 8.72. The standard InChI is InChI=1S/C21H29NO4.C21H30O5.CH4.S9/c2*1-5-19(3,18-25-10-11-26-18)12-16(24)20(4)14(2)6-8-21(13-22)9-7-15(23)17(20)21;;1-3-5-7-9-8-6-4-2/h5,14,17-18H,1,6-12H2,2-4H3;5,13-14,17-18H,1,6-12H2,2-4H3;1H4;/t2*14-,17+,19-,20+,21+;;/m11../s1. The number of aldehydes is 1. The molecule has 0 aromatic rings. The monoisotopic (exact) mass is 1030 g/mol. The van der Waals surface area contributed by atoms with Crippen LogP contribution in [0.2, 0.25) is 0 Å². The Kier molecular flexibility index (Phi) is 21.2. The van der Waals surface area contributed by atoms with Gasteiger partial charge < -0.3 is 23.7 Å². The fourth-order valence-electron chi connectivity index (χ4n) is 10.8. The summed E-state index contributed by atoms with van der Waals surface area (Å²) in [6, 6.07) is 2.43. The van der Waals surface area contributed by atoms with Crippen molar-refractivity contribution in [1.29, 1.82) is 5.26 Å². The molecule has 0 unspecified atom stereocenters. The number of carbonyl (C=O) groups excluding carboxylic acids is 5. The van der Waals surface area contributed by atoms with Crippen molar-refractivity contribution in [2.45, 2.75) is 126 Å². The van der Waals surface area contributed by atoms with Crippen molar-refractivity contribution in [2.24, 2.45) is 56.2 Å². The molecule has 2 aliphatic heterocycles. The van der Waals surface area contributed by atoms with Crippen LogP contribution in [-0.2, 0) is 127 Å². The second kappa shape index (κ2) is 23.7. The van der Waals surface area contributed by atoms with Crippen molar-refractivity contribution in [2.75, 3.05) is 26.4 Å². The van der Waals surface area contributed by atoms with Crippen LogP contribution in [-0.4, -0.2) is 68.4 Å². The van der Waals surface area contributed by atoms with Gasteiger partial charge in [-0.3, -0.25) is 19.2 Å². The molecule has 0 amide bonds. The molecule has 348 valence electrons. The van der Waals surface area contributed by atoms with Crippen LogP contribution in [0.15, 0.2) is 25.3 Å². The van der Waals surface area contributed by atoms with Crippen LogP contribution in [0.1, 0.15) is 113 Å². The number of fused-ring (bicyclic) bond motifs is 2. The molecular weight excluding hydrogens is 963 g/mol. The number of hydrogen-bond acceptors (Lipinski definition) is 12. The van der Waals surface area contributed by atoms with Gasteiger partial charge >= 0.3 is 0 Å². The maximum atomic E-state index is 13.6. The van der Waals surface area contributed by atoms with Gasteiger partial charge in [0.15, 0.2) is 12.6 Å². The van der Waals surface area contributed by atoms with Gasteiger partial charge in [-0.2, -0.15) is 5.26 Å². The zero-order valence-corrected chi connectivity index (χ0v) is 43.2. The first-order valence-corrected chi connectivity index (χ1v) is 31.2. The first kappa shape index (κ1) is 55.5. The number of nitrogens with zero attached hydrogens (tertiary/aromatic N) is 1. The van der Waals surface area contributed by atoms with Gasteiger partial charge in [0.1, 0.15) is 29.4 Å². The lowest BCUT2D eigenvalue weighted by Gasteiger charge is -2.50. The Morgan fingerprint density at radius 1 is 0.742 bits per heavy atom. The van der Waals surface area contributed by atoms with E-state index in [-0.39, 0.29) is 55.2 Å². The Morgan fingerprint density at radius 2 is 1.15 bits per heavy atom. The van der Waals surface area contributed by atoms with Crippen molar-refractivity contribution >= 4 is 114 Å². The Balaban J connectivity index is 0.000000273. The summed E-state index contributed by atoms with van der Waals surface area (Å²) >= 11 is 9.27. The smallest absolute Gasteiger partial charge is 0.166 e. The molecule has 4 saturated carbocycles. The van der Waals surface area contributed by atoms with Crippen LogP contribution >= 0.6 is 0 Å². The largest absolute Gasteiger partial charge is 0.349 e. The average molecular weight is 1030 g/mol. The summed E-state index contributed by atoms with van der Waals surface area (Å²) in [6.45, 7) is 21.5. The molecule has 0 spiro atoms. The van der Waals surface area contributed by atoms with E-state index in [4.69, 9.17) is 18.9 Å². The van der Waals surface area contributed by atoms with Gasteiger partial charge in [0.2, 0.25) is 0 Å². The highest BCUT2D eigenvalue weighted by Gasteiger charge is 2.65. The minimum absolute atomic E-state index is 0. The molecule has 0 N–H and O–H groups in total. The summed E-state index contributed by atoms with van der Waals surface area (Å²) in [5.41, 5.74) is -4.32. The topological polar surface area (TPSA) is 146 Å². The van der Waals surface area contributed by atoms with Crippen LogP contribution in [0.3, 0.4) is 0 Å². The Bertz CT molecular complexity index is 2060. The van der Waals surface area contributed by atoms with Crippen molar-refractivity contribution in [3.8, 4) is 6.07 Å². The molecule has 6 aliphatic rings. The second-order valence-corrected chi connectivity index (χ2v) is 30.5. The van der Waals surface area contributed by atoms with Crippen LogP contribution in [0.25, 0.3) is 0 Å². The highest BCUT2D eigenvalue weighted by atomic mass is 33.4. The molecule has 10 nitrogen and oxygen atoms in total. The van der Waals surface area contributed by atoms with Crippen molar-refractivity contribution < 1.29 is 42.9 Å². The van der Waals surface area contributed by atoms with Gasteiger partial charge in [-0.15, -0.1) is 13.2 Å². The van der Waals surface area contributed by atoms with Gasteiger partial charge in [0, 0.05) is 149 Å². The van der Waals surface area contributed by atoms with Crippen LogP contribution in [0.5, 0.6) is 0 Å². The quantitative estimate of drug-likeness (QED) is 0.153. The first-order chi connectivity index (χ1) is 28.9. The molecule has 0 radical (unpaired) electrons. The van der Waals surface area contributed by atoms with Crippen molar-refractivity contribution in [3.05, 3.63) is 25.3 Å². The van der Waals surface area contributed by atoms with E-state index in [1.807, 2.05) is 41.5 Å². The molecule has 62 heavy (non-hydrogen) atoms. The molecule has 6 rings (SSSR count). The maximum absolute atomic E-state index is 13.6. The van der Waals surface area contributed by atoms with Crippen LogP contribution in [0, 0.1) is 67.5 Å². The molecule has 2 heterocycles. The lowest BCUT2D eigenvalue weighted by molar-refractivity contribution is -0.159. The number of nitriles is 1. The summed E-state index contributed by atoms with van der Waals surface area (Å²) < 4.78 is 22.6. The average Bonchev–Trinajstić information content (AvgIpc) is 4.10. The predicted molar refractivity (Wildman–Crippen MR) is 265 cm³/mol. The molecule has 0 aromatic carbocycles. The number of ketones is 4. The fraction of sp³-hybridized carbons (Fsp3) is 0.767. The SMILES string of the molecule is C.C=C[C@](C)(CC(=O)[C@]1(C)[C@H](C)CC[C@@]2(C#N)CCC(=O)[C@H]21)C1OCCO1.C=C[C@](C)(CC(=O)[C@]1(C)[C@H](C)CC[C@@]2(C=O)CCC(=O)[C@H]21)C1OCCO1.S=S=S=S=S=S=S=S=S. The van der Waals surface area contributed by atoms with Gasteiger partial charge in [0.05, 0.1) is 37.9 Å². The Morgan fingerprint density at radius 3 is 1.56 bits per heavy atom. The Labute approximate surface area is 398 Å². The molecule has 10 atom stereocenters. The third-order valence-electron chi connectivity index (χ3n) is 14.9. The van der Waals surface area contributed by atoms with Gasteiger partial charge in [0.25, 0.3) is 0 Å². The zero-order valence-electron chi connectivity index (χ0n) is 35.8. The Hall–Kier alpha value is -0.860. The van der Waals surface area contributed by atoms with Crippen molar-refractivity contribution in [1.82, 2.24) is 0 Å². The summed E-state index contributed by atoms with van der Waals surface area (Å²) in [4.78, 5) is 64.6. The van der Waals surface area contributed by atoms with E-state index >= 15 is 0 Å². The summed E-state index contributed by atoms with van der Waals surface area (Å²) in [6.07, 6.45) is 8.74. The highest BCUT2D eigenvalue weighted by Crippen LogP contribution is 2.62. The number of Topliss-reactive ketones (excluding diaryl/α,β-unsaturated/α-hetero) is 4. The van der Waals surface area contributed by atoms with Gasteiger partial charge in [-0.25, -0.2) is 0 Å². The summed E-state index contributed by atoms with van der Waals surface area (Å²) in [5, 5.41) is 9.85. The van der Waals surface area contributed by atoms with E-state index in [2.05, 4.69) is 41.6 Å². The number of rotatable bonds is 11. The second-order valence-electron chi connectivity index (χ2n) is 18.1. The van der Waals surface area contributed by atoms with Gasteiger partial charge in [-0.1, -0.05) is 61.1 Å². The molecule has 19 heteroatoms. The molecule has 6 fully saturated rings. The maximum Gasteiger partial charge on any atom is 0.166 e. The predicted octanol–water partition coefficient (Wildman–Crippen LogP) is 7.16. The van der Waals surface area contributed by atoms with Gasteiger partial charge in [-0.05, 0) is 50.4 Å². The van der Waals surface area contributed by atoms with E-state index in [9.17, 15) is 29.2 Å². The van der Waals surface area contributed by atoms with Crippen LogP contribution in [0.4, 0.5) is 0 Å². The summed E-state index contributed by atoms with van der Waals surface area (Å²) in [7, 11) is 10.9. The van der Waals surface area contributed by atoms with Crippen molar-refractivity contribution in [3.63, 3.8) is 0 Å². The van der Waals surface area contributed by atoms with E-state index in [1.54, 1.807) is 56.6 Å². The van der Waals surface area contributed by atoms with E-state index in [0.29, 0.717) is 65.0 Å². The third-order valence-corrected chi connectivity index (χ3v) is 28.2. The van der Waals surface area contributed by atoms with E-state index < -0.39 is 56.9 Å². The molecular formula is C43H63NO9S9. The normalized spacial score (nSPS) is 34.5. The number of carbonyl (C=O) groups is 5. The molecule has 2 saturated heterocycles. The fourth-order valence-corrected chi connectivity index (χ4v) is 24.5. The lowest BCUT2D eigenvalue weighted by Crippen LogP contribution is -2.55. The lowest BCUT2D eigenvalue weighted by atomic mass is 9.50. The first-order valence-electron chi connectivity index (χ1n) is 20.5. The van der Waals surface area contributed by atoms with E-state index in [1.165, 1.54) is 17.8 Å². The molecule has 0 bridgehead atoms. The number of hydrogen-bond donors (Lipinski definition) is 0. The number of ether oxygens (including phenoxy) is 4. The minimum Gasteiger partial charge on any atom is -0.349 e. The summed E-state index contributed by atoms with van der Waals surface area (Å²) in [5.74, 6) is -0.740. The van der Waals surface area contributed by atoms with E-state index in [0.717, 1.165) is 19.1 Å².